The summed E-state index contributed by atoms with van der Waals surface area (Å²) >= 11 is 13.6. The third-order valence-corrected chi connectivity index (χ3v) is 7.17. The van der Waals surface area contributed by atoms with E-state index in [0.29, 0.717) is 46.0 Å². The van der Waals surface area contributed by atoms with Crippen molar-refractivity contribution in [1.82, 2.24) is 20.1 Å². The molecular weight excluding hydrogens is 525 g/mol. The topological polar surface area (TPSA) is 98.1 Å². The van der Waals surface area contributed by atoms with Gasteiger partial charge in [-0.25, -0.2) is 9.67 Å². The van der Waals surface area contributed by atoms with Gasteiger partial charge in [0, 0.05) is 48.1 Å². The van der Waals surface area contributed by atoms with E-state index < -0.39 is 11.5 Å². The molecule has 1 aliphatic rings. The Bertz CT molecular complexity index is 1580. The first-order valence-electron chi connectivity index (χ1n) is 12.1. The first-order valence-corrected chi connectivity index (χ1v) is 12.8. The molecule has 38 heavy (non-hydrogen) atoms. The van der Waals surface area contributed by atoms with Gasteiger partial charge in [-0.3, -0.25) is 9.59 Å². The van der Waals surface area contributed by atoms with Gasteiger partial charge in [0.2, 0.25) is 5.88 Å². The molecule has 0 spiro atoms. The zero-order chi connectivity index (χ0) is 26.8. The van der Waals surface area contributed by atoms with E-state index in [1.165, 1.54) is 32.2 Å². The van der Waals surface area contributed by atoms with Crippen LogP contribution < -0.4 is 20.9 Å². The van der Waals surface area contributed by atoms with E-state index in [4.69, 9.17) is 32.9 Å². The molecule has 10 heteroatoms. The lowest BCUT2D eigenvalue weighted by molar-refractivity contribution is 0.102. The molecule has 1 amide bonds. The Morgan fingerprint density at radius 1 is 1.03 bits per heavy atom. The number of aromatic nitrogens is 3. The predicted octanol–water partition coefficient (Wildman–Crippen LogP) is 5.33. The zero-order valence-electron chi connectivity index (χ0n) is 20.8. The van der Waals surface area contributed by atoms with Gasteiger partial charge in [0.05, 0.1) is 28.5 Å². The number of benzene rings is 2. The first-order chi connectivity index (χ1) is 18.4. The van der Waals surface area contributed by atoms with Crippen LogP contribution in [0.3, 0.4) is 0 Å². The van der Waals surface area contributed by atoms with Gasteiger partial charge in [-0.05, 0) is 31.0 Å². The lowest BCUT2D eigenvalue weighted by Gasteiger charge is -2.15. The van der Waals surface area contributed by atoms with Crippen LogP contribution in [0, 0.1) is 0 Å². The lowest BCUT2D eigenvalue weighted by atomic mass is 10.00. The number of hydrogen-bond donors (Lipinski definition) is 2. The Balaban J connectivity index is 1.46. The summed E-state index contributed by atoms with van der Waals surface area (Å²) in [5.74, 6) is -0.0402. The minimum Gasteiger partial charge on any atom is -0.481 e. The van der Waals surface area contributed by atoms with Crippen molar-refractivity contribution in [3.8, 4) is 28.3 Å². The quantitative estimate of drug-likeness (QED) is 0.308. The molecular formula is C28H25Cl2N5O3. The highest BCUT2D eigenvalue weighted by molar-refractivity contribution is 6.39. The van der Waals surface area contributed by atoms with Crippen molar-refractivity contribution in [3.63, 3.8) is 0 Å². The number of carbonyl (C=O) groups excluding carboxylic acids is 1. The van der Waals surface area contributed by atoms with E-state index in [1.54, 1.807) is 19.2 Å². The fraction of sp³-hybridized carbons (Fsp3) is 0.214. The second kappa shape index (κ2) is 10.9. The largest absolute Gasteiger partial charge is 0.481 e. The van der Waals surface area contributed by atoms with Gasteiger partial charge < -0.3 is 15.4 Å². The number of aryl methyl sites for hydroxylation is 1. The molecule has 1 aliphatic carbocycles. The van der Waals surface area contributed by atoms with E-state index in [-0.39, 0.29) is 10.6 Å². The molecule has 5 rings (SSSR count). The molecule has 2 heterocycles. The zero-order valence-corrected chi connectivity index (χ0v) is 22.3. The molecule has 0 radical (unpaired) electrons. The van der Waals surface area contributed by atoms with Crippen LogP contribution >= 0.6 is 23.2 Å². The second-order valence-corrected chi connectivity index (χ2v) is 9.74. The van der Waals surface area contributed by atoms with Crippen molar-refractivity contribution in [2.75, 3.05) is 12.4 Å². The monoisotopic (exact) mass is 549 g/mol. The summed E-state index contributed by atoms with van der Waals surface area (Å²) in [5.41, 5.74) is 3.45. The molecule has 4 aromatic rings. The van der Waals surface area contributed by atoms with Crippen molar-refractivity contribution in [3.05, 3.63) is 92.3 Å². The summed E-state index contributed by atoms with van der Waals surface area (Å²) in [6.45, 7) is 0.689. The van der Waals surface area contributed by atoms with Crippen molar-refractivity contribution in [2.45, 2.75) is 25.4 Å². The Kier molecular flexibility index (Phi) is 7.46. The van der Waals surface area contributed by atoms with Crippen LogP contribution in [-0.4, -0.2) is 33.8 Å². The Hall–Kier alpha value is -3.72. The van der Waals surface area contributed by atoms with Gasteiger partial charge in [-0.1, -0.05) is 59.6 Å². The third kappa shape index (κ3) is 5.29. The summed E-state index contributed by atoms with van der Waals surface area (Å²) < 4.78 is 6.65. The molecule has 1 fully saturated rings. The molecule has 194 valence electrons. The molecule has 8 nitrogen and oxygen atoms in total. The maximum atomic E-state index is 12.8. The van der Waals surface area contributed by atoms with Crippen LogP contribution in [0.4, 0.5) is 5.69 Å². The van der Waals surface area contributed by atoms with Crippen molar-refractivity contribution in [2.24, 2.45) is 7.05 Å². The number of halogens is 2. The van der Waals surface area contributed by atoms with Crippen molar-refractivity contribution < 1.29 is 9.53 Å². The summed E-state index contributed by atoms with van der Waals surface area (Å²) in [6, 6.07) is 16.7. The number of nitrogens with one attached hydrogen (secondary N) is 2. The number of hydrogen-bond acceptors (Lipinski definition) is 6. The average molecular weight is 550 g/mol. The molecule has 0 unspecified atom stereocenters. The van der Waals surface area contributed by atoms with E-state index >= 15 is 0 Å². The number of nitrogens with zero attached hydrogens (tertiary/aromatic N) is 3. The van der Waals surface area contributed by atoms with E-state index in [9.17, 15) is 9.59 Å². The number of carbonyl (C=O) groups is 1. The Labute approximate surface area is 229 Å². The number of rotatable bonds is 8. The smallest absolute Gasteiger partial charge is 0.279 e. The van der Waals surface area contributed by atoms with Crippen molar-refractivity contribution in [1.29, 1.82) is 0 Å². The molecule has 0 atom stereocenters. The third-order valence-electron chi connectivity index (χ3n) is 6.35. The first kappa shape index (κ1) is 25.9. The summed E-state index contributed by atoms with van der Waals surface area (Å²) in [4.78, 5) is 29.8. The highest BCUT2D eigenvalue weighted by Crippen LogP contribution is 2.41. The average Bonchev–Trinajstić information content (AvgIpc) is 3.75. The van der Waals surface area contributed by atoms with Gasteiger partial charge in [0.25, 0.3) is 11.5 Å². The molecule has 2 N–H and O–H groups in total. The van der Waals surface area contributed by atoms with E-state index in [2.05, 4.69) is 15.7 Å². The van der Waals surface area contributed by atoms with Gasteiger partial charge in [0.1, 0.15) is 5.56 Å². The van der Waals surface area contributed by atoms with Crippen LogP contribution in [0.1, 0.15) is 28.8 Å². The Morgan fingerprint density at radius 3 is 2.47 bits per heavy atom. The standard InChI is InChI=1S/C28H25Cl2N5O3/c1-35-28(37)21(13-14-32-35)26(36)33-23-8-4-6-19(25(23)30)18-5-3-7-20(24(18)29)22-12-9-16(27(34-22)38-2)15-31-17-10-11-17/h3-9,12-14,17,31H,10-11,15H2,1-2H3,(H,33,36). The van der Waals surface area contributed by atoms with Crippen LogP contribution in [0.25, 0.3) is 22.4 Å². The van der Waals surface area contributed by atoms with Gasteiger partial charge in [0.15, 0.2) is 0 Å². The maximum absolute atomic E-state index is 12.8. The van der Waals surface area contributed by atoms with Gasteiger partial charge in [-0.2, -0.15) is 5.10 Å². The minimum atomic E-state index is -0.584. The van der Waals surface area contributed by atoms with Gasteiger partial charge in [-0.15, -0.1) is 0 Å². The van der Waals surface area contributed by atoms with E-state index in [1.807, 2.05) is 36.4 Å². The van der Waals surface area contributed by atoms with Crippen LogP contribution in [0.5, 0.6) is 5.88 Å². The summed E-state index contributed by atoms with van der Waals surface area (Å²) in [6.07, 6.45) is 3.79. The molecule has 0 aliphatic heterocycles. The number of anilines is 1. The molecule has 0 saturated heterocycles. The van der Waals surface area contributed by atoms with Crippen LogP contribution in [0.2, 0.25) is 10.0 Å². The number of pyridine rings is 1. The lowest BCUT2D eigenvalue weighted by Crippen LogP contribution is -2.28. The van der Waals surface area contributed by atoms with Crippen molar-refractivity contribution >= 4 is 34.8 Å². The van der Waals surface area contributed by atoms with E-state index in [0.717, 1.165) is 15.8 Å². The fourth-order valence-electron chi connectivity index (χ4n) is 4.12. The number of methoxy groups -OCH3 is 1. The molecule has 1 saturated carbocycles. The summed E-state index contributed by atoms with van der Waals surface area (Å²) in [5, 5.41) is 10.8. The molecule has 2 aromatic heterocycles. The second-order valence-electron chi connectivity index (χ2n) is 8.98. The van der Waals surface area contributed by atoms with Crippen LogP contribution in [-0.2, 0) is 13.6 Å². The predicted molar refractivity (Wildman–Crippen MR) is 149 cm³/mol. The minimum absolute atomic E-state index is 0.0419. The fourth-order valence-corrected chi connectivity index (χ4v) is 4.71. The number of amides is 1. The van der Waals surface area contributed by atoms with Crippen LogP contribution in [0.15, 0.2) is 65.6 Å². The maximum Gasteiger partial charge on any atom is 0.279 e. The normalized spacial score (nSPS) is 12.8. The van der Waals surface area contributed by atoms with Gasteiger partial charge >= 0.3 is 0 Å². The highest BCUT2D eigenvalue weighted by atomic mass is 35.5. The summed E-state index contributed by atoms with van der Waals surface area (Å²) in [7, 11) is 3.08. The SMILES string of the molecule is COc1nc(-c2cccc(-c3cccc(NC(=O)c4ccnn(C)c4=O)c3Cl)c2Cl)ccc1CNC1CC1. The molecule has 0 bridgehead atoms. The Morgan fingerprint density at radius 2 is 1.74 bits per heavy atom. The number of ether oxygens (including phenoxy) is 1. The highest BCUT2D eigenvalue weighted by Gasteiger charge is 2.22. The molecule has 2 aromatic carbocycles.